The van der Waals surface area contributed by atoms with Crippen LogP contribution in [0.15, 0.2) is 50.7 Å². The zero-order valence-corrected chi connectivity index (χ0v) is 13.1. The van der Waals surface area contributed by atoms with Crippen LogP contribution < -0.4 is 0 Å². The molecule has 2 heterocycles. The fourth-order valence-electron chi connectivity index (χ4n) is 1.72. The first-order valence-corrected chi connectivity index (χ1v) is 7.71. The van der Waals surface area contributed by atoms with Crippen LogP contribution in [0.2, 0.25) is 0 Å². The number of aryl methyl sites for hydroxylation is 1. The Hall–Kier alpha value is -1.60. The van der Waals surface area contributed by atoms with E-state index in [4.69, 9.17) is 4.42 Å². The standard InChI is InChI=1S/C13H11BrN4OS/c1-9-16-17-12(19-9)8-20-13-15-6-7-18(13)11-4-2-10(14)3-5-11/h2-7H,8H2,1H3. The summed E-state index contributed by atoms with van der Waals surface area (Å²) in [6.07, 6.45) is 3.72. The molecular formula is C13H11BrN4OS. The van der Waals surface area contributed by atoms with Crippen molar-refractivity contribution in [3.63, 3.8) is 0 Å². The molecule has 0 saturated heterocycles. The van der Waals surface area contributed by atoms with Gasteiger partial charge in [0, 0.05) is 29.5 Å². The Balaban J connectivity index is 1.78. The molecule has 3 rings (SSSR count). The molecule has 0 saturated carbocycles. The number of imidazole rings is 1. The van der Waals surface area contributed by atoms with Gasteiger partial charge in [0.15, 0.2) is 5.16 Å². The van der Waals surface area contributed by atoms with E-state index >= 15 is 0 Å². The van der Waals surface area contributed by atoms with Crippen molar-refractivity contribution in [3.05, 3.63) is 52.9 Å². The molecule has 0 atom stereocenters. The highest BCUT2D eigenvalue weighted by Crippen LogP contribution is 2.24. The molecule has 20 heavy (non-hydrogen) atoms. The second-order valence-electron chi connectivity index (χ2n) is 4.06. The molecule has 5 nitrogen and oxygen atoms in total. The smallest absolute Gasteiger partial charge is 0.226 e. The first-order chi connectivity index (χ1) is 9.72. The van der Waals surface area contributed by atoms with Crippen LogP contribution in [0.1, 0.15) is 11.8 Å². The van der Waals surface area contributed by atoms with Gasteiger partial charge < -0.3 is 4.42 Å². The van der Waals surface area contributed by atoms with Crippen molar-refractivity contribution < 1.29 is 4.42 Å². The molecule has 102 valence electrons. The SMILES string of the molecule is Cc1nnc(CSc2nccn2-c2ccc(Br)cc2)o1. The van der Waals surface area contributed by atoms with E-state index in [9.17, 15) is 0 Å². The normalized spacial score (nSPS) is 10.9. The summed E-state index contributed by atoms with van der Waals surface area (Å²) in [6.45, 7) is 1.78. The number of rotatable bonds is 4. The fraction of sp³-hybridized carbons (Fsp3) is 0.154. The highest BCUT2D eigenvalue weighted by atomic mass is 79.9. The van der Waals surface area contributed by atoms with E-state index in [0.717, 1.165) is 15.3 Å². The summed E-state index contributed by atoms with van der Waals surface area (Å²) in [5.41, 5.74) is 1.06. The Morgan fingerprint density at radius 2 is 2.05 bits per heavy atom. The van der Waals surface area contributed by atoms with Gasteiger partial charge >= 0.3 is 0 Å². The summed E-state index contributed by atoms with van der Waals surface area (Å²) < 4.78 is 8.44. The van der Waals surface area contributed by atoms with Gasteiger partial charge in [-0.2, -0.15) is 0 Å². The molecule has 0 fully saturated rings. The third-order valence-corrected chi connectivity index (χ3v) is 4.08. The maximum absolute atomic E-state index is 5.36. The van der Waals surface area contributed by atoms with Crippen molar-refractivity contribution in [1.29, 1.82) is 0 Å². The minimum atomic E-state index is 0.580. The molecule has 0 unspecified atom stereocenters. The fourth-order valence-corrected chi connectivity index (χ4v) is 2.79. The van der Waals surface area contributed by atoms with Crippen LogP contribution in [0.25, 0.3) is 5.69 Å². The van der Waals surface area contributed by atoms with Gasteiger partial charge in [0.25, 0.3) is 0 Å². The van der Waals surface area contributed by atoms with Crippen LogP contribution in [0.4, 0.5) is 0 Å². The van der Waals surface area contributed by atoms with Gasteiger partial charge in [0.1, 0.15) is 0 Å². The number of thioether (sulfide) groups is 1. The Morgan fingerprint density at radius 1 is 1.25 bits per heavy atom. The van der Waals surface area contributed by atoms with Gasteiger partial charge in [-0.3, -0.25) is 4.57 Å². The van der Waals surface area contributed by atoms with Gasteiger partial charge in [-0.05, 0) is 24.3 Å². The van der Waals surface area contributed by atoms with E-state index in [2.05, 4.69) is 31.1 Å². The Bertz CT molecular complexity index is 707. The molecule has 0 aliphatic heterocycles. The third-order valence-electron chi connectivity index (χ3n) is 2.60. The minimum Gasteiger partial charge on any atom is -0.425 e. The largest absolute Gasteiger partial charge is 0.425 e. The predicted molar refractivity (Wildman–Crippen MR) is 79.9 cm³/mol. The first-order valence-electron chi connectivity index (χ1n) is 5.93. The first kappa shape index (κ1) is 13.4. The minimum absolute atomic E-state index is 0.580. The van der Waals surface area contributed by atoms with E-state index in [1.165, 1.54) is 0 Å². The lowest BCUT2D eigenvalue weighted by molar-refractivity contribution is 0.485. The molecular weight excluding hydrogens is 340 g/mol. The summed E-state index contributed by atoms with van der Waals surface area (Å²) in [5, 5.41) is 8.68. The van der Waals surface area contributed by atoms with E-state index in [-0.39, 0.29) is 0 Å². The van der Waals surface area contributed by atoms with Crippen molar-refractivity contribution in [1.82, 2.24) is 19.7 Å². The summed E-state index contributed by atoms with van der Waals surface area (Å²) in [7, 11) is 0. The van der Waals surface area contributed by atoms with Crippen molar-refractivity contribution in [3.8, 4) is 5.69 Å². The lowest BCUT2D eigenvalue weighted by atomic mass is 10.3. The maximum Gasteiger partial charge on any atom is 0.226 e. The summed E-state index contributed by atoms with van der Waals surface area (Å²) >= 11 is 5.00. The van der Waals surface area contributed by atoms with Crippen molar-refractivity contribution in [2.75, 3.05) is 0 Å². The predicted octanol–water partition coefficient (Wildman–Crippen LogP) is 3.62. The molecule has 7 heteroatoms. The van der Waals surface area contributed by atoms with Gasteiger partial charge in [0.2, 0.25) is 11.8 Å². The molecule has 0 aliphatic rings. The molecule has 0 bridgehead atoms. The summed E-state index contributed by atoms with van der Waals surface area (Å²) in [5.74, 6) is 1.80. The zero-order valence-electron chi connectivity index (χ0n) is 10.7. The van der Waals surface area contributed by atoms with Gasteiger partial charge in [0.05, 0.1) is 5.75 Å². The average Bonchev–Trinajstić information content (AvgIpc) is 3.06. The molecule has 0 radical (unpaired) electrons. The summed E-state index contributed by atoms with van der Waals surface area (Å²) in [6, 6.07) is 8.08. The van der Waals surface area contributed by atoms with Crippen LogP contribution in [-0.2, 0) is 5.75 Å². The Morgan fingerprint density at radius 3 is 2.75 bits per heavy atom. The quantitative estimate of drug-likeness (QED) is 0.672. The van der Waals surface area contributed by atoms with Crippen LogP contribution in [-0.4, -0.2) is 19.7 Å². The van der Waals surface area contributed by atoms with Gasteiger partial charge in [-0.15, -0.1) is 10.2 Å². The number of benzene rings is 1. The van der Waals surface area contributed by atoms with Gasteiger partial charge in [-0.1, -0.05) is 27.7 Å². The number of hydrogen-bond donors (Lipinski definition) is 0. The second-order valence-corrected chi connectivity index (χ2v) is 5.92. The number of nitrogens with zero attached hydrogens (tertiary/aromatic N) is 4. The lowest BCUT2D eigenvalue weighted by Gasteiger charge is -2.06. The highest BCUT2D eigenvalue weighted by molar-refractivity contribution is 9.10. The van der Waals surface area contributed by atoms with E-state index in [0.29, 0.717) is 17.5 Å². The Kier molecular flexibility index (Phi) is 3.88. The van der Waals surface area contributed by atoms with Crippen LogP contribution >= 0.6 is 27.7 Å². The van der Waals surface area contributed by atoms with Gasteiger partial charge in [-0.25, -0.2) is 4.98 Å². The van der Waals surface area contributed by atoms with E-state index in [1.807, 2.05) is 35.0 Å². The molecule has 0 spiro atoms. The number of hydrogen-bond acceptors (Lipinski definition) is 5. The van der Waals surface area contributed by atoms with Crippen molar-refractivity contribution in [2.45, 2.75) is 17.8 Å². The van der Waals surface area contributed by atoms with E-state index in [1.54, 1.807) is 24.9 Å². The molecule has 0 N–H and O–H groups in total. The second kappa shape index (κ2) is 5.80. The van der Waals surface area contributed by atoms with Crippen molar-refractivity contribution >= 4 is 27.7 Å². The topological polar surface area (TPSA) is 56.7 Å². The zero-order chi connectivity index (χ0) is 13.9. The van der Waals surface area contributed by atoms with Crippen LogP contribution in [0.5, 0.6) is 0 Å². The monoisotopic (exact) mass is 350 g/mol. The van der Waals surface area contributed by atoms with Crippen LogP contribution in [0.3, 0.4) is 0 Å². The molecule has 3 aromatic rings. The van der Waals surface area contributed by atoms with Crippen molar-refractivity contribution in [2.24, 2.45) is 0 Å². The molecule has 0 amide bonds. The maximum atomic E-state index is 5.36. The average molecular weight is 351 g/mol. The highest BCUT2D eigenvalue weighted by Gasteiger charge is 2.09. The number of aromatic nitrogens is 4. The Labute approximate surface area is 128 Å². The third kappa shape index (κ3) is 2.94. The molecule has 1 aromatic carbocycles. The molecule has 0 aliphatic carbocycles. The molecule has 2 aromatic heterocycles. The summed E-state index contributed by atoms with van der Waals surface area (Å²) in [4.78, 5) is 4.36. The van der Waals surface area contributed by atoms with Crippen LogP contribution in [0, 0.1) is 6.92 Å². The lowest BCUT2D eigenvalue weighted by Crippen LogP contribution is -1.95. The van der Waals surface area contributed by atoms with E-state index < -0.39 is 0 Å². The number of halogens is 1.